The second kappa shape index (κ2) is 47.4. The van der Waals surface area contributed by atoms with E-state index in [2.05, 4.69) is 37.2 Å². The number of hydrogen-bond acceptors (Lipinski definition) is 16. The molecule has 29 heteroatoms. The van der Waals surface area contributed by atoms with Gasteiger partial charge in [0.05, 0.1) is 19.8 Å². The summed E-state index contributed by atoms with van der Waals surface area (Å²) >= 11 is 0. The molecule has 0 spiro atoms. The number of unbranched alkanes of at least 4 members (excludes halogenated alkanes) is 13. The highest BCUT2D eigenvalue weighted by Crippen LogP contribution is 2.15. The molecule has 0 fully saturated rings. The van der Waals surface area contributed by atoms with Gasteiger partial charge in [-0.15, -0.1) is 0 Å². The van der Waals surface area contributed by atoms with E-state index >= 15 is 0 Å². The molecule has 29 nitrogen and oxygen atoms in total. The van der Waals surface area contributed by atoms with E-state index in [0.29, 0.717) is 12.7 Å². The van der Waals surface area contributed by atoms with Crippen LogP contribution in [-0.2, 0) is 76.6 Å². The third kappa shape index (κ3) is 42.6. The number of carbonyl (C=O) groups excluding carboxylic acids is 8. The predicted molar refractivity (Wildman–Crippen MR) is 288 cm³/mol. The van der Waals surface area contributed by atoms with Crippen LogP contribution in [0.25, 0.3) is 0 Å². The first kappa shape index (κ1) is 74.7. The van der Waals surface area contributed by atoms with Crippen molar-refractivity contribution < 1.29 is 107 Å². The fraction of sp³-hybridized carbons (Fsp3) is 0.736. The van der Waals surface area contributed by atoms with Crippen molar-refractivity contribution in [1.82, 2.24) is 37.2 Å². The number of carbonyl (C=O) groups is 14. The van der Waals surface area contributed by atoms with Gasteiger partial charge in [-0.25, -0.2) is 24.0 Å². The van der Waals surface area contributed by atoms with Gasteiger partial charge in [-0.2, -0.15) is 0 Å². The Morgan fingerprint density at radius 3 is 0.890 bits per heavy atom. The molecule has 5 atom stereocenters. The zero-order valence-corrected chi connectivity index (χ0v) is 46.7. The smallest absolute Gasteiger partial charge is 0.326 e. The maximum Gasteiger partial charge on any atom is 0.326 e. The molecule has 0 aromatic heterocycles. The number of aliphatic carboxylic acids is 6. The van der Waals surface area contributed by atoms with Gasteiger partial charge in [0, 0.05) is 64.5 Å². The molecule has 0 saturated heterocycles. The number of aldehydes is 1. The zero-order chi connectivity index (χ0) is 61.5. The van der Waals surface area contributed by atoms with Crippen molar-refractivity contribution in [2.75, 3.05) is 39.5 Å². The van der Waals surface area contributed by atoms with Gasteiger partial charge in [0.15, 0.2) is 0 Å². The Balaban J connectivity index is 4.58. The van der Waals surface area contributed by atoms with E-state index in [1.807, 2.05) is 0 Å². The number of carboxylic acid groups (broad SMARTS) is 6. The van der Waals surface area contributed by atoms with Crippen LogP contribution >= 0.6 is 0 Å². The molecule has 82 heavy (non-hydrogen) atoms. The van der Waals surface area contributed by atoms with Crippen molar-refractivity contribution in [2.24, 2.45) is 0 Å². The highest BCUT2D eigenvalue weighted by Gasteiger charge is 2.28. The van der Waals surface area contributed by atoms with Gasteiger partial charge in [-0.3, -0.25) is 38.4 Å². The standard InChI is InChI=1S/C53H87N7O22/c61-31-33-82-35-34-81-32-30-55-42(63)25-20-37(50(73)74)59-45(66)27-22-39(52(77)78)57-44(65)17-15-29-54-41(62)24-19-36(49(71)72)58-46(67)28-23-40(53(79)80)60-47(68)26-21-38(51(75)76)56-43(64)16-13-11-9-7-5-3-1-2-4-6-8-10-12-14-18-48(69)70/h31,36-40H,1-30,32-35H2,(H,54,62)(H,55,63)(H,56,64)(H,57,65)(H,58,67)(H,59,66)(H,60,68)(H,69,70)(H,71,72)(H,73,74)(H,75,76)(H,77,78)(H,79,80)/t36-,37-,38-,39-,40-/m0/s1. The minimum Gasteiger partial charge on any atom is -0.481 e. The lowest BCUT2D eigenvalue weighted by Gasteiger charge is -2.18. The van der Waals surface area contributed by atoms with Crippen LogP contribution < -0.4 is 37.2 Å². The monoisotopic (exact) mass is 1170 g/mol. The quantitative estimate of drug-likeness (QED) is 0.0301. The molecular formula is C53H87N7O22. The topological polar surface area (TPSA) is 463 Å². The van der Waals surface area contributed by atoms with Crippen molar-refractivity contribution in [3.63, 3.8) is 0 Å². The van der Waals surface area contributed by atoms with E-state index in [9.17, 15) is 92.7 Å². The molecule has 0 aromatic rings. The molecule has 0 aliphatic heterocycles. The molecule has 0 saturated carbocycles. The fourth-order valence-corrected chi connectivity index (χ4v) is 7.95. The largest absolute Gasteiger partial charge is 0.481 e. The second-order valence-corrected chi connectivity index (χ2v) is 19.5. The normalized spacial score (nSPS) is 12.7. The molecule has 0 heterocycles. The molecule has 13 N–H and O–H groups in total. The number of rotatable bonds is 54. The highest BCUT2D eigenvalue weighted by molar-refractivity contribution is 5.89. The van der Waals surface area contributed by atoms with Crippen molar-refractivity contribution in [1.29, 1.82) is 0 Å². The van der Waals surface area contributed by atoms with Gasteiger partial charge in [0.2, 0.25) is 41.4 Å². The van der Waals surface area contributed by atoms with Gasteiger partial charge >= 0.3 is 35.8 Å². The Kier molecular flexibility index (Phi) is 43.1. The Labute approximate surface area is 476 Å². The molecule has 0 aliphatic carbocycles. The molecule has 0 aliphatic rings. The summed E-state index contributed by atoms with van der Waals surface area (Å²) in [6, 6.07) is -7.68. The summed E-state index contributed by atoms with van der Waals surface area (Å²) in [5.74, 6) is -13.3. The van der Waals surface area contributed by atoms with Crippen LogP contribution in [0.5, 0.6) is 0 Å². The van der Waals surface area contributed by atoms with Gasteiger partial charge in [0.25, 0.3) is 0 Å². The van der Waals surface area contributed by atoms with E-state index in [1.165, 1.54) is 0 Å². The van der Waals surface area contributed by atoms with Crippen molar-refractivity contribution >= 4 is 83.5 Å². The van der Waals surface area contributed by atoms with Crippen LogP contribution in [0.1, 0.15) is 180 Å². The van der Waals surface area contributed by atoms with E-state index in [1.54, 1.807) is 0 Å². The van der Waals surface area contributed by atoms with E-state index < -0.39 is 152 Å². The molecule has 7 amide bonds. The van der Waals surface area contributed by atoms with Gasteiger partial charge in [0.1, 0.15) is 43.1 Å². The van der Waals surface area contributed by atoms with Crippen LogP contribution in [0, 0.1) is 0 Å². The summed E-state index contributed by atoms with van der Waals surface area (Å²) in [5.41, 5.74) is 0. The lowest BCUT2D eigenvalue weighted by molar-refractivity contribution is -0.144. The summed E-state index contributed by atoms with van der Waals surface area (Å²) in [7, 11) is 0. The van der Waals surface area contributed by atoms with Crippen molar-refractivity contribution in [3.8, 4) is 0 Å². The molecular weight excluding hydrogens is 1090 g/mol. The van der Waals surface area contributed by atoms with Crippen molar-refractivity contribution in [3.05, 3.63) is 0 Å². The Hall–Kier alpha value is -7.30. The third-order valence-electron chi connectivity index (χ3n) is 12.5. The van der Waals surface area contributed by atoms with Crippen LogP contribution in [-0.4, -0.2) is 184 Å². The third-order valence-corrected chi connectivity index (χ3v) is 12.5. The Bertz CT molecular complexity index is 2030. The maximum absolute atomic E-state index is 12.7. The van der Waals surface area contributed by atoms with Crippen LogP contribution in [0.4, 0.5) is 0 Å². The van der Waals surface area contributed by atoms with Gasteiger partial charge in [-0.1, -0.05) is 77.0 Å². The first-order valence-electron chi connectivity index (χ1n) is 28.0. The van der Waals surface area contributed by atoms with Gasteiger partial charge in [-0.05, 0) is 51.4 Å². The Morgan fingerprint density at radius 1 is 0.305 bits per heavy atom. The molecule has 0 bridgehead atoms. The summed E-state index contributed by atoms with van der Waals surface area (Å²) in [6.45, 7) is 0.395. The fourth-order valence-electron chi connectivity index (χ4n) is 7.95. The minimum atomic E-state index is -1.63. The summed E-state index contributed by atoms with van der Waals surface area (Å²) in [5, 5.41) is 72.9. The average Bonchev–Trinajstić information content (AvgIpc) is 3.41. The second-order valence-electron chi connectivity index (χ2n) is 19.5. The molecule has 0 aromatic carbocycles. The number of carboxylic acids is 6. The highest BCUT2D eigenvalue weighted by atomic mass is 16.5. The zero-order valence-electron chi connectivity index (χ0n) is 46.7. The van der Waals surface area contributed by atoms with E-state index in [-0.39, 0.29) is 84.5 Å². The number of hydrogen-bond donors (Lipinski definition) is 13. The molecule has 0 radical (unpaired) electrons. The summed E-state index contributed by atoms with van der Waals surface area (Å²) in [6.07, 6.45) is 10.3. The molecule has 0 unspecified atom stereocenters. The van der Waals surface area contributed by atoms with Crippen LogP contribution in [0.2, 0.25) is 0 Å². The van der Waals surface area contributed by atoms with E-state index in [0.717, 1.165) is 83.5 Å². The first-order valence-corrected chi connectivity index (χ1v) is 28.0. The van der Waals surface area contributed by atoms with Gasteiger partial charge < -0.3 is 82.1 Å². The first-order chi connectivity index (χ1) is 39.0. The van der Waals surface area contributed by atoms with Crippen molar-refractivity contribution in [2.45, 2.75) is 210 Å². The molecule has 0 rings (SSSR count). The Morgan fingerprint density at radius 2 is 0.573 bits per heavy atom. The lowest BCUT2D eigenvalue weighted by atomic mass is 10.0. The minimum absolute atomic E-state index is 0.00762. The maximum atomic E-state index is 12.7. The number of amides is 7. The number of ether oxygens (including phenoxy) is 2. The lowest BCUT2D eigenvalue weighted by Crippen LogP contribution is -2.45. The van der Waals surface area contributed by atoms with E-state index in [4.69, 9.17) is 14.6 Å². The predicted octanol–water partition coefficient (Wildman–Crippen LogP) is 1.31. The molecule has 466 valence electrons. The SMILES string of the molecule is O=CCOCCOCCNC(=O)CC[C@H](NC(=O)CC[C@H](NC(=O)CCCNC(=O)CC[C@H](NC(=O)CC[C@H](NC(=O)CC[C@H](NC(=O)CCCCCCCCCCCCCCCCC(=O)O)C(=O)O)C(=O)O)C(=O)O)C(=O)O)C(=O)O. The summed E-state index contributed by atoms with van der Waals surface area (Å²) < 4.78 is 10.1. The average molecular weight is 1170 g/mol. The number of nitrogens with one attached hydrogen (secondary N) is 7. The van der Waals surface area contributed by atoms with Crippen LogP contribution in [0.3, 0.4) is 0 Å². The summed E-state index contributed by atoms with van der Waals surface area (Å²) in [4.78, 5) is 167. The van der Waals surface area contributed by atoms with Crippen LogP contribution in [0.15, 0.2) is 0 Å².